The lowest BCUT2D eigenvalue weighted by atomic mass is 9.96. The summed E-state index contributed by atoms with van der Waals surface area (Å²) in [5.41, 5.74) is 0. The Hall–Kier alpha value is 0.310. The van der Waals surface area contributed by atoms with Crippen LogP contribution in [0.3, 0.4) is 0 Å². The largest absolute Gasteiger partial charge is 0.303 e. The molecule has 0 spiro atoms. The Balaban J connectivity index is 2.22. The highest BCUT2D eigenvalue weighted by Crippen LogP contribution is 2.21. The highest BCUT2D eigenvalue weighted by atomic mass is 32.1. The van der Waals surface area contributed by atoms with Gasteiger partial charge in [-0.3, -0.25) is 0 Å². The predicted octanol–water partition coefficient (Wildman–Crippen LogP) is 2.82. The average Bonchev–Trinajstić information content (AvgIpc) is 2.33. The minimum absolute atomic E-state index is 1.01. The van der Waals surface area contributed by atoms with Gasteiger partial charge in [-0.05, 0) is 38.3 Å². The van der Waals surface area contributed by atoms with Crippen LogP contribution in [-0.2, 0) is 0 Å². The molecule has 0 aromatic heterocycles. The van der Waals surface area contributed by atoms with Crippen LogP contribution in [0.2, 0.25) is 0 Å². The third-order valence-electron chi connectivity index (χ3n) is 3.05. The lowest BCUT2D eigenvalue weighted by Gasteiger charge is -2.18. The van der Waals surface area contributed by atoms with Crippen molar-refractivity contribution in [1.82, 2.24) is 4.90 Å². The lowest BCUT2D eigenvalue weighted by molar-refractivity contribution is 0.296. The average molecular weight is 201 g/mol. The summed E-state index contributed by atoms with van der Waals surface area (Å²) in [5.74, 6) is 2.02. The molecule has 1 atom stereocenters. The molecule has 0 aromatic carbocycles. The Kier molecular flexibility index (Phi) is 5.88. The number of hydrogen-bond acceptors (Lipinski definition) is 2. The molecule has 1 fully saturated rings. The van der Waals surface area contributed by atoms with Crippen LogP contribution in [0.5, 0.6) is 0 Å². The molecule has 0 amide bonds. The zero-order valence-electron chi connectivity index (χ0n) is 8.84. The maximum absolute atomic E-state index is 4.29. The van der Waals surface area contributed by atoms with Gasteiger partial charge in [0, 0.05) is 12.3 Å². The quantitative estimate of drug-likeness (QED) is 0.685. The van der Waals surface area contributed by atoms with E-state index in [0.717, 1.165) is 11.7 Å². The van der Waals surface area contributed by atoms with Crippen molar-refractivity contribution < 1.29 is 0 Å². The van der Waals surface area contributed by atoms with Crippen LogP contribution in [0.1, 0.15) is 39.0 Å². The molecule has 0 radical (unpaired) electrons. The smallest absolute Gasteiger partial charge is 0.00698 e. The van der Waals surface area contributed by atoms with Gasteiger partial charge in [-0.25, -0.2) is 0 Å². The Morgan fingerprint density at radius 2 is 2.15 bits per heavy atom. The molecule has 0 bridgehead atoms. The summed E-state index contributed by atoms with van der Waals surface area (Å²) in [4.78, 5) is 2.57. The molecule has 0 N–H and O–H groups in total. The molecule has 78 valence electrons. The van der Waals surface area contributed by atoms with E-state index in [0.29, 0.717) is 0 Å². The third-order valence-corrected chi connectivity index (χ3v) is 3.25. The number of likely N-dealkylation sites (tertiary alicyclic amines) is 1. The normalized spacial score (nSPS) is 25.8. The van der Waals surface area contributed by atoms with Crippen molar-refractivity contribution in [3.8, 4) is 0 Å². The summed E-state index contributed by atoms with van der Waals surface area (Å²) in [6.45, 7) is 6.10. The van der Waals surface area contributed by atoms with Gasteiger partial charge in [-0.2, -0.15) is 12.6 Å². The van der Waals surface area contributed by atoms with Gasteiger partial charge < -0.3 is 4.90 Å². The molecular formula is C11H23NS. The van der Waals surface area contributed by atoms with Gasteiger partial charge in [0.05, 0.1) is 0 Å². The van der Waals surface area contributed by atoms with Crippen LogP contribution in [0.25, 0.3) is 0 Å². The van der Waals surface area contributed by atoms with Crippen molar-refractivity contribution in [2.24, 2.45) is 5.92 Å². The van der Waals surface area contributed by atoms with Crippen LogP contribution in [-0.4, -0.2) is 30.3 Å². The van der Waals surface area contributed by atoms with E-state index in [1.807, 2.05) is 0 Å². The van der Waals surface area contributed by atoms with E-state index < -0.39 is 0 Å². The molecule has 1 aliphatic heterocycles. The molecule has 13 heavy (non-hydrogen) atoms. The molecular weight excluding hydrogens is 178 g/mol. The van der Waals surface area contributed by atoms with Crippen molar-refractivity contribution in [2.45, 2.75) is 39.0 Å². The van der Waals surface area contributed by atoms with E-state index in [4.69, 9.17) is 0 Å². The molecule has 1 aliphatic rings. The summed E-state index contributed by atoms with van der Waals surface area (Å²) in [6, 6.07) is 0. The number of thiol groups is 1. The maximum atomic E-state index is 4.29. The first-order chi connectivity index (χ1) is 6.36. The van der Waals surface area contributed by atoms with Crippen molar-refractivity contribution >= 4 is 12.6 Å². The van der Waals surface area contributed by atoms with E-state index in [-0.39, 0.29) is 0 Å². The summed E-state index contributed by atoms with van der Waals surface area (Å²) >= 11 is 4.29. The highest BCUT2D eigenvalue weighted by molar-refractivity contribution is 7.80. The molecule has 1 saturated heterocycles. The summed E-state index contributed by atoms with van der Waals surface area (Å²) in [6.07, 6.45) is 7.07. The molecule has 1 heterocycles. The first-order valence-electron chi connectivity index (χ1n) is 5.70. The first-order valence-corrected chi connectivity index (χ1v) is 6.33. The van der Waals surface area contributed by atoms with Crippen LogP contribution in [0.4, 0.5) is 0 Å². The predicted molar refractivity (Wildman–Crippen MR) is 62.5 cm³/mol. The van der Waals surface area contributed by atoms with Gasteiger partial charge in [0.25, 0.3) is 0 Å². The monoisotopic (exact) mass is 201 g/mol. The van der Waals surface area contributed by atoms with Crippen molar-refractivity contribution in [1.29, 1.82) is 0 Å². The summed E-state index contributed by atoms with van der Waals surface area (Å²) < 4.78 is 0. The SMILES string of the molecule is CCCC1CCCN(CCS)CC1. The van der Waals surface area contributed by atoms with Crippen molar-refractivity contribution in [3.05, 3.63) is 0 Å². The minimum Gasteiger partial charge on any atom is -0.303 e. The molecule has 0 aliphatic carbocycles. The third kappa shape index (κ3) is 4.37. The first kappa shape index (κ1) is 11.4. The highest BCUT2D eigenvalue weighted by Gasteiger charge is 2.15. The Labute approximate surface area is 88.3 Å². The van der Waals surface area contributed by atoms with Crippen LogP contribution < -0.4 is 0 Å². The molecule has 2 heteroatoms. The second-order valence-corrected chi connectivity index (χ2v) is 4.60. The molecule has 0 aromatic rings. The minimum atomic E-state index is 1.01. The van der Waals surface area contributed by atoms with Gasteiger partial charge in [-0.1, -0.05) is 19.8 Å². The van der Waals surface area contributed by atoms with E-state index in [2.05, 4.69) is 24.5 Å². The van der Waals surface area contributed by atoms with E-state index >= 15 is 0 Å². The molecule has 1 unspecified atom stereocenters. The van der Waals surface area contributed by atoms with Crippen molar-refractivity contribution in [3.63, 3.8) is 0 Å². The Bertz CT molecular complexity index is 113. The second kappa shape index (κ2) is 6.72. The van der Waals surface area contributed by atoms with Gasteiger partial charge in [0.15, 0.2) is 0 Å². The molecule has 0 saturated carbocycles. The van der Waals surface area contributed by atoms with E-state index in [1.165, 1.54) is 51.7 Å². The second-order valence-electron chi connectivity index (χ2n) is 4.15. The van der Waals surface area contributed by atoms with Crippen LogP contribution >= 0.6 is 12.6 Å². The fraction of sp³-hybridized carbons (Fsp3) is 1.00. The molecule has 1 nitrogen and oxygen atoms in total. The number of nitrogens with zero attached hydrogens (tertiary/aromatic N) is 1. The summed E-state index contributed by atoms with van der Waals surface area (Å²) in [7, 11) is 0. The standard InChI is InChI=1S/C11H23NS/c1-2-4-11-5-3-7-12(8-6-11)9-10-13/h11,13H,2-10H2,1H3. The van der Waals surface area contributed by atoms with Gasteiger partial charge in [-0.15, -0.1) is 0 Å². The molecule has 1 rings (SSSR count). The summed E-state index contributed by atoms with van der Waals surface area (Å²) in [5, 5.41) is 0. The zero-order chi connectivity index (χ0) is 9.52. The van der Waals surface area contributed by atoms with Gasteiger partial charge >= 0.3 is 0 Å². The fourth-order valence-electron chi connectivity index (χ4n) is 2.29. The Morgan fingerprint density at radius 3 is 2.85 bits per heavy atom. The lowest BCUT2D eigenvalue weighted by Crippen LogP contribution is -2.26. The van der Waals surface area contributed by atoms with Gasteiger partial charge in [0.1, 0.15) is 0 Å². The fourth-order valence-corrected chi connectivity index (χ4v) is 2.57. The van der Waals surface area contributed by atoms with Crippen molar-refractivity contribution in [2.75, 3.05) is 25.4 Å². The van der Waals surface area contributed by atoms with E-state index in [9.17, 15) is 0 Å². The Morgan fingerprint density at radius 1 is 1.31 bits per heavy atom. The van der Waals surface area contributed by atoms with Crippen LogP contribution in [0.15, 0.2) is 0 Å². The van der Waals surface area contributed by atoms with E-state index in [1.54, 1.807) is 0 Å². The number of hydrogen-bond donors (Lipinski definition) is 1. The zero-order valence-corrected chi connectivity index (χ0v) is 9.73. The number of rotatable bonds is 4. The van der Waals surface area contributed by atoms with Crippen LogP contribution in [0, 0.1) is 5.92 Å². The maximum Gasteiger partial charge on any atom is 0.00698 e. The van der Waals surface area contributed by atoms with Gasteiger partial charge in [0.2, 0.25) is 0 Å². The topological polar surface area (TPSA) is 3.24 Å².